The highest BCUT2D eigenvalue weighted by atomic mass is 32.2. The van der Waals surface area contributed by atoms with E-state index in [1.165, 1.54) is 6.07 Å². The first-order valence-corrected chi connectivity index (χ1v) is 12.9. The molecule has 2 atom stereocenters. The maximum absolute atomic E-state index is 14.7. The predicted molar refractivity (Wildman–Crippen MR) is 125 cm³/mol. The first kappa shape index (κ1) is 24.9. The summed E-state index contributed by atoms with van der Waals surface area (Å²) in [7, 11) is -3.42. The Bertz CT molecular complexity index is 914. The molecule has 7 nitrogen and oxygen atoms in total. The molecule has 180 valence electrons. The maximum Gasteiger partial charge on any atom is 0.227 e. The molecule has 9 heteroatoms. The molecule has 2 N–H and O–H groups in total. The van der Waals surface area contributed by atoms with E-state index in [1.807, 2.05) is 19.9 Å². The Morgan fingerprint density at radius 2 is 1.69 bits per heavy atom. The van der Waals surface area contributed by atoms with E-state index in [9.17, 15) is 17.6 Å². The van der Waals surface area contributed by atoms with Crippen molar-refractivity contribution in [3.05, 3.63) is 24.0 Å². The van der Waals surface area contributed by atoms with Crippen molar-refractivity contribution in [1.29, 1.82) is 0 Å². The van der Waals surface area contributed by atoms with Crippen molar-refractivity contribution >= 4 is 27.3 Å². The molecule has 1 saturated heterocycles. The van der Waals surface area contributed by atoms with Gasteiger partial charge in [-0.25, -0.2) is 17.5 Å². The third-order valence-corrected chi connectivity index (χ3v) is 8.48. The fraction of sp³-hybridized carbons (Fsp3) is 0.696. The SMILES string of the molecule is C[C@@H]1CN(c2ccc(NC(=O)[C@H]3CC[C@H](NS(=O)(=O)C(C)(C)C)CC3)c(F)c2)C[C@H](C)O1. The number of morpholine rings is 1. The van der Waals surface area contributed by atoms with Crippen molar-refractivity contribution in [2.24, 2.45) is 5.92 Å². The van der Waals surface area contributed by atoms with Gasteiger partial charge >= 0.3 is 0 Å². The quantitative estimate of drug-likeness (QED) is 0.687. The summed E-state index contributed by atoms with van der Waals surface area (Å²) >= 11 is 0. The van der Waals surface area contributed by atoms with Crippen LogP contribution in [0.15, 0.2) is 18.2 Å². The number of carbonyl (C=O) groups is 1. The highest BCUT2D eigenvalue weighted by molar-refractivity contribution is 7.90. The van der Waals surface area contributed by atoms with Crippen molar-refractivity contribution in [2.75, 3.05) is 23.3 Å². The van der Waals surface area contributed by atoms with Crippen LogP contribution < -0.4 is 14.9 Å². The lowest BCUT2D eigenvalue weighted by Gasteiger charge is -2.37. The Morgan fingerprint density at radius 1 is 1.09 bits per heavy atom. The molecule has 0 radical (unpaired) electrons. The number of benzene rings is 1. The molecule has 2 fully saturated rings. The van der Waals surface area contributed by atoms with Crippen LogP contribution in [0.5, 0.6) is 0 Å². The second-order valence-corrected chi connectivity index (χ2v) is 12.6. The molecule has 1 aromatic rings. The van der Waals surface area contributed by atoms with Gasteiger partial charge in [0.25, 0.3) is 0 Å². The summed E-state index contributed by atoms with van der Waals surface area (Å²) in [5.74, 6) is -0.943. The Hall–Kier alpha value is -1.71. The smallest absolute Gasteiger partial charge is 0.227 e. The molecule has 1 aliphatic carbocycles. The van der Waals surface area contributed by atoms with E-state index < -0.39 is 20.6 Å². The van der Waals surface area contributed by atoms with Gasteiger partial charge in [-0.3, -0.25) is 4.79 Å². The molecule has 0 bridgehead atoms. The van der Waals surface area contributed by atoms with E-state index in [2.05, 4.69) is 14.9 Å². The molecule has 3 rings (SSSR count). The number of sulfonamides is 1. The molecule has 1 amide bonds. The normalized spacial score (nSPS) is 27.2. The monoisotopic (exact) mass is 469 g/mol. The van der Waals surface area contributed by atoms with Crippen LogP contribution >= 0.6 is 0 Å². The van der Waals surface area contributed by atoms with Gasteiger partial charge in [0.05, 0.1) is 22.6 Å². The molecule has 0 unspecified atom stereocenters. The number of rotatable bonds is 5. The van der Waals surface area contributed by atoms with Gasteiger partial charge in [0.15, 0.2) is 0 Å². The first-order valence-electron chi connectivity index (χ1n) is 11.4. The highest BCUT2D eigenvalue weighted by Gasteiger charge is 2.34. The number of carbonyl (C=O) groups excluding carboxylic acids is 1. The maximum atomic E-state index is 14.7. The molecule has 1 heterocycles. The average Bonchev–Trinajstić information content (AvgIpc) is 2.68. The number of anilines is 2. The van der Waals surface area contributed by atoms with Gasteiger partial charge < -0.3 is 15.0 Å². The molecule has 1 aliphatic heterocycles. The largest absolute Gasteiger partial charge is 0.372 e. The lowest BCUT2D eigenvalue weighted by atomic mass is 9.86. The second kappa shape index (κ2) is 9.65. The molecular formula is C23H36FN3O4S. The number of ether oxygens (including phenoxy) is 1. The van der Waals surface area contributed by atoms with Crippen LogP contribution in [0.4, 0.5) is 15.8 Å². The van der Waals surface area contributed by atoms with Crippen LogP contribution in [0.3, 0.4) is 0 Å². The summed E-state index contributed by atoms with van der Waals surface area (Å²) in [6.07, 6.45) is 2.44. The molecule has 2 aliphatic rings. The van der Waals surface area contributed by atoms with Gasteiger partial charge in [0.2, 0.25) is 15.9 Å². The summed E-state index contributed by atoms with van der Waals surface area (Å²) in [6.45, 7) is 10.4. The van der Waals surface area contributed by atoms with Crippen LogP contribution in [0.2, 0.25) is 0 Å². The predicted octanol–water partition coefficient (Wildman–Crippen LogP) is 3.65. The van der Waals surface area contributed by atoms with Crippen molar-refractivity contribution in [3.8, 4) is 0 Å². The lowest BCUT2D eigenvalue weighted by molar-refractivity contribution is -0.120. The fourth-order valence-corrected chi connectivity index (χ4v) is 5.32. The Kier molecular flexibility index (Phi) is 7.51. The molecular weight excluding hydrogens is 433 g/mol. The van der Waals surface area contributed by atoms with Crippen LogP contribution in [-0.4, -0.2) is 50.4 Å². The second-order valence-electron chi connectivity index (χ2n) is 10.1. The molecule has 0 spiro atoms. The minimum atomic E-state index is -3.42. The summed E-state index contributed by atoms with van der Waals surface area (Å²) in [5, 5.41) is 2.72. The van der Waals surface area contributed by atoms with Crippen LogP contribution in [0.25, 0.3) is 0 Å². The zero-order valence-electron chi connectivity index (χ0n) is 19.7. The molecule has 32 heavy (non-hydrogen) atoms. The van der Waals surface area contributed by atoms with Crippen LogP contribution in [0.1, 0.15) is 60.3 Å². The topological polar surface area (TPSA) is 87.7 Å². The standard InChI is InChI=1S/C23H36FN3O4S/c1-15-13-27(14-16(2)31-15)19-10-11-21(20(24)12-19)25-22(28)17-6-8-18(9-7-17)26-32(29,30)23(3,4)5/h10-12,15-18,26H,6-9,13-14H2,1-5H3,(H,25,28)/t15-,16+,17-,18-. The number of nitrogens with zero attached hydrogens (tertiary/aromatic N) is 1. The van der Waals surface area contributed by atoms with E-state index in [0.717, 1.165) is 5.69 Å². The number of hydrogen-bond acceptors (Lipinski definition) is 5. The third kappa shape index (κ3) is 5.99. The summed E-state index contributed by atoms with van der Waals surface area (Å²) in [5.41, 5.74) is 0.942. The van der Waals surface area contributed by atoms with Crippen LogP contribution in [0, 0.1) is 11.7 Å². The number of hydrogen-bond donors (Lipinski definition) is 2. The molecule has 1 aromatic carbocycles. The Labute approximate surface area is 191 Å². The minimum Gasteiger partial charge on any atom is -0.372 e. The van der Waals surface area contributed by atoms with E-state index in [0.29, 0.717) is 38.8 Å². The average molecular weight is 470 g/mol. The van der Waals surface area contributed by atoms with Gasteiger partial charge in [-0.2, -0.15) is 0 Å². The van der Waals surface area contributed by atoms with E-state index in [1.54, 1.807) is 26.8 Å². The van der Waals surface area contributed by atoms with E-state index >= 15 is 0 Å². The van der Waals surface area contributed by atoms with Gasteiger partial charge in [-0.1, -0.05) is 0 Å². The Balaban J connectivity index is 1.55. The van der Waals surface area contributed by atoms with Gasteiger partial charge in [-0.15, -0.1) is 0 Å². The molecule has 0 aromatic heterocycles. The minimum absolute atomic E-state index is 0.0733. The zero-order chi connectivity index (χ0) is 23.7. The van der Waals surface area contributed by atoms with Crippen molar-refractivity contribution in [2.45, 2.75) is 83.3 Å². The van der Waals surface area contributed by atoms with Gasteiger partial charge in [0.1, 0.15) is 5.82 Å². The first-order chi connectivity index (χ1) is 14.9. The summed E-state index contributed by atoms with van der Waals surface area (Å²) < 4.78 is 47.1. The summed E-state index contributed by atoms with van der Waals surface area (Å²) in [6, 6.07) is 4.72. The van der Waals surface area contributed by atoms with E-state index in [4.69, 9.17) is 4.74 Å². The van der Waals surface area contributed by atoms with Crippen molar-refractivity contribution in [3.63, 3.8) is 0 Å². The fourth-order valence-electron chi connectivity index (χ4n) is 4.30. The number of amides is 1. The number of halogens is 1. The van der Waals surface area contributed by atoms with Gasteiger partial charge in [-0.05, 0) is 78.5 Å². The van der Waals surface area contributed by atoms with Crippen molar-refractivity contribution < 1.29 is 22.3 Å². The summed E-state index contributed by atoms with van der Waals surface area (Å²) in [4.78, 5) is 14.8. The molecule has 1 saturated carbocycles. The third-order valence-electron chi connectivity index (χ3n) is 6.22. The highest BCUT2D eigenvalue weighted by Crippen LogP contribution is 2.29. The zero-order valence-corrected chi connectivity index (χ0v) is 20.5. The Morgan fingerprint density at radius 3 is 2.22 bits per heavy atom. The van der Waals surface area contributed by atoms with Crippen LogP contribution in [-0.2, 0) is 19.6 Å². The lowest BCUT2D eigenvalue weighted by Crippen LogP contribution is -2.46. The number of nitrogens with one attached hydrogen (secondary N) is 2. The van der Waals surface area contributed by atoms with Crippen molar-refractivity contribution in [1.82, 2.24) is 4.72 Å². The van der Waals surface area contributed by atoms with E-state index in [-0.39, 0.29) is 35.8 Å². The van der Waals surface area contributed by atoms with Gasteiger partial charge in [0, 0.05) is 30.7 Å².